The molecule has 0 fully saturated rings. The van der Waals surface area contributed by atoms with E-state index in [0.717, 1.165) is 12.3 Å². The van der Waals surface area contributed by atoms with Gasteiger partial charge in [-0.3, -0.25) is 4.79 Å². The summed E-state index contributed by atoms with van der Waals surface area (Å²) in [4.78, 5) is 12.5. The van der Waals surface area contributed by atoms with Crippen molar-refractivity contribution in [1.29, 1.82) is 0 Å². The van der Waals surface area contributed by atoms with Gasteiger partial charge in [0.05, 0.1) is 21.6 Å². The molecule has 0 aromatic heterocycles. The maximum absolute atomic E-state index is 14.2. The first kappa shape index (κ1) is 24.1. The second kappa shape index (κ2) is 9.11. The monoisotopic (exact) mass is 495 g/mol. The molecule has 0 saturated carbocycles. The molecular weight excluding hydrogens is 477 g/mol. The molecule has 1 N–H and O–H groups in total. The maximum Gasteiger partial charge on any atom is 0.209 e. The van der Waals surface area contributed by atoms with Crippen molar-refractivity contribution in [2.75, 3.05) is 6.26 Å². The number of halogens is 2. The molecule has 3 aromatic carbocycles. The number of carbonyl (C=O) groups excluding carboxylic acids is 1. The lowest BCUT2D eigenvalue weighted by atomic mass is 10.0. The summed E-state index contributed by atoms with van der Waals surface area (Å²) in [7, 11) is -7.62. The van der Waals surface area contributed by atoms with Crippen LogP contribution in [0.3, 0.4) is 0 Å². The predicted octanol–water partition coefficient (Wildman–Crippen LogP) is 4.15. The molecule has 32 heavy (non-hydrogen) atoms. The fraction of sp³-hybridized carbons (Fsp3) is 0.136. The predicted molar refractivity (Wildman–Crippen MR) is 120 cm³/mol. The molecule has 10 heteroatoms. The number of hydrogen-bond acceptors (Lipinski definition) is 5. The fourth-order valence-electron chi connectivity index (χ4n) is 3.16. The van der Waals surface area contributed by atoms with Crippen LogP contribution in [0.1, 0.15) is 34.5 Å². The maximum atomic E-state index is 14.2. The van der Waals surface area contributed by atoms with Gasteiger partial charge in [-0.05, 0) is 55.0 Å². The minimum Gasteiger partial charge on any atom is -0.288 e. The van der Waals surface area contributed by atoms with Crippen LogP contribution in [0, 0.1) is 5.82 Å². The SMILES string of the molecule is CC(NS(C)(=O)=O)c1ccc(S(=O)(=O)c2ccc(Cl)cc2C(=O)c2ccccc2F)cc1. The van der Waals surface area contributed by atoms with E-state index < -0.39 is 37.5 Å². The number of nitrogens with one attached hydrogen (secondary N) is 1. The summed E-state index contributed by atoms with van der Waals surface area (Å²) in [5, 5.41) is 0.125. The van der Waals surface area contributed by atoms with Crippen LogP contribution in [0.5, 0.6) is 0 Å². The van der Waals surface area contributed by atoms with Crippen molar-refractivity contribution in [2.45, 2.75) is 22.8 Å². The molecule has 1 atom stereocenters. The van der Waals surface area contributed by atoms with Gasteiger partial charge in [0, 0.05) is 16.6 Å². The number of rotatable bonds is 7. The van der Waals surface area contributed by atoms with Crippen molar-refractivity contribution < 1.29 is 26.0 Å². The van der Waals surface area contributed by atoms with E-state index in [1.165, 1.54) is 60.7 Å². The molecule has 0 bridgehead atoms. The van der Waals surface area contributed by atoms with Gasteiger partial charge in [-0.15, -0.1) is 0 Å². The van der Waals surface area contributed by atoms with Crippen LogP contribution in [-0.4, -0.2) is 28.9 Å². The minimum absolute atomic E-state index is 0.113. The molecule has 0 aliphatic heterocycles. The number of benzene rings is 3. The summed E-state index contributed by atoms with van der Waals surface area (Å²) < 4.78 is 66.0. The Balaban J connectivity index is 2.04. The Labute approximate surface area is 191 Å². The van der Waals surface area contributed by atoms with Gasteiger partial charge in [-0.1, -0.05) is 35.9 Å². The Morgan fingerprint density at radius 1 is 0.938 bits per heavy atom. The van der Waals surface area contributed by atoms with E-state index in [1.54, 1.807) is 6.92 Å². The van der Waals surface area contributed by atoms with Crippen LogP contribution >= 0.6 is 11.6 Å². The molecule has 168 valence electrons. The van der Waals surface area contributed by atoms with Gasteiger partial charge in [0.25, 0.3) is 0 Å². The lowest BCUT2D eigenvalue weighted by Gasteiger charge is -2.14. The van der Waals surface area contributed by atoms with E-state index >= 15 is 0 Å². The number of sulfonamides is 1. The van der Waals surface area contributed by atoms with Gasteiger partial charge in [0.1, 0.15) is 5.82 Å². The van der Waals surface area contributed by atoms with Crippen molar-refractivity contribution in [2.24, 2.45) is 0 Å². The van der Waals surface area contributed by atoms with Crippen molar-refractivity contribution in [3.05, 3.63) is 94.3 Å². The molecule has 0 heterocycles. The normalized spacial score (nSPS) is 13.0. The summed E-state index contributed by atoms with van der Waals surface area (Å²) in [6, 6.07) is 14.0. The van der Waals surface area contributed by atoms with Crippen LogP contribution < -0.4 is 4.72 Å². The van der Waals surface area contributed by atoms with E-state index in [-0.39, 0.29) is 25.9 Å². The lowest BCUT2D eigenvalue weighted by molar-refractivity contribution is 0.103. The highest BCUT2D eigenvalue weighted by atomic mass is 35.5. The highest BCUT2D eigenvalue weighted by Gasteiger charge is 2.27. The Hall–Kier alpha value is -2.59. The summed E-state index contributed by atoms with van der Waals surface area (Å²) in [5.74, 6) is -1.59. The molecule has 0 radical (unpaired) electrons. The molecular formula is C22H19ClFNO5S2. The lowest BCUT2D eigenvalue weighted by Crippen LogP contribution is -2.25. The Morgan fingerprint density at radius 3 is 2.16 bits per heavy atom. The average molecular weight is 496 g/mol. The first-order chi connectivity index (χ1) is 14.9. The zero-order valence-electron chi connectivity index (χ0n) is 17.0. The smallest absolute Gasteiger partial charge is 0.209 e. The molecule has 0 saturated heterocycles. The highest BCUT2D eigenvalue weighted by Crippen LogP contribution is 2.29. The van der Waals surface area contributed by atoms with Crippen LogP contribution in [0.2, 0.25) is 5.02 Å². The van der Waals surface area contributed by atoms with Gasteiger partial charge < -0.3 is 0 Å². The number of sulfone groups is 1. The summed E-state index contributed by atoms with van der Waals surface area (Å²) in [6.45, 7) is 1.62. The van der Waals surface area contributed by atoms with Gasteiger partial charge >= 0.3 is 0 Å². The van der Waals surface area contributed by atoms with Crippen LogP contribution in [0.4, 0.5) is 4.39 Å². The molecule has 3 rings (SSSR count). The highest BCUT2D eigenvalue weighted by molar-refractivity contribution is 7.91. The second-order valence-corrected chi connectivity index (χ2v) is 11.3. The molecule has 0 aliphatic rings. The van der Waals surface area contributed by atoms with Crippen molar-refractivity contribution in [1.82, 2.24) is 4.72 Å². The molecule has 0 amide bonds. The standard InChI is InChI=1S/C22H19ClFNO5S2/c1-14(25-31(2,27)28)15-7-10-17(11-8-15)32(29,30)21-12-9-16(23)13-19(21)22(26)18-5-3-4-6-20(18)24/h3-14,25H,1-2H3. The van der Waals surface area contributed by atoms with Crippen LogP contribution in [-0.2, 0) is 19.9 Å². The molecule has 3 aromatic rings. The fourth-order valence-corrected chi connectivity index (χ4v) is 5.54. The van der Waals surface area contributed by atoms with E-state index in [9.17, 15) is 26.0 Å². The summed E-state index contributed by atoms with van der Waals surface area (Å²) >= 11 is 6.00. The first-order valence-corrected chi connectivity index (χ1v) is 13.1. The topological polar surface area (TPSA) is 97.4 Å². The number of ketones is 1. The molecule has 6 nitrogen and oxygen atoms in total. The van der Waals surface area contributed by atoms with Gasteiger partial charge in [0.2, 0.25) is 19.9 Å². The Morgan fingerprint density at radius 2 is 1.56 bits per heavy atom. The largest absolute Gasteiger partial charge is 0.288 e. The Bertz CT molecular complexity index is 1390. The molecule has 1 unspecified atom stereocenters. The second-order valence-electron chi connectivity index (χ2n) is 7.13. The van der Waals surface area contributed by atoms with Gasteiger partial charge in [-0.2, -0.15) is 0 Å². The van der Waals surface area contributed by atoms with Crippen molar-refractivity contribution in [3.63, 3.8) is 0 Å². The average Bonchev–Trinajstić information content (AvgIpc) is 2.72. The van der Waals surface area contributed by atoms with Crippen molar-refractivity contribution in [3.8, 4) is 0 Å². The third-order valence-electron chi connectivity index (χ3n) is 4.68. The van der Waals surface area contributed by atoms with E-state index in [2.05, 4.69) is 4.72 Å². The quantitative estimate of drug-likeness (QED) is 0.496. The van der Waals surface area contributed by atoms with Crippen molar-refractivity contribution >= 4 is 37.2 Å². The third-order valence-corrected chi connectivity index (χ3v) is 7.52. The summed E-state index contributed by atoms with van der Waals surface area (Å²) in [6.07, 6.45) is 1.02. The molecule has 0 aliphatic carbocycles. The van der Waals surface area contributed by atoms with Crippen LogP contribution in [0.25, 0.3) is 0 Å². The van der Waals surface area contributed by atoms with Gasteiger partial charge in [-0.25, -0.2) is 25.9 Å². The summed E-state index contributed by atoms with van der Waals surface area (Å²) in [5.41, 5.74) is 0.0224. The van der Waals surface area contributed by atoms with E-state index in [4.69, 9.17) is 11.6 Å². The zero-order chi connectivity index (χ0) is 23.7. The Kier molecular flexibility index (Phi) is 6.85. The minimum atomic E-state index is -4.17. The number of carbonyl (C=O) groups is 1. The zero-order valence-corrected chi connectivity index (χ0v) is 19.4. The first-order valence-electron chi connectivity index (χ1n) is 9.31. The van der Waals surface area contributed by atoms with E-state index in [0.29, 0.717) is 5.56 Å². The van der Waals surface area contributed by atoms with E-state index in [1.807, 2.05) is 0 Å². The van der Waals surface area contributed by atoms with Gasteiger partial charge in [0.15, 0.2) is 5.78 Å². The van der Waals surface area contributed by atoms with Crippen LogP contribution in [0.15, 0.2) is 76.5 Å². The molecule has 0 spiro atoms. The number of hydrogen-bond donors (Lipinski definition) is 1. The third kappa shape index (κ3) is 5.24.